The normalized spacial score (nSPS) is 20.6. The van der Waals surface area contributed by atoms with E-state index < -0.39 is 22.0 Å². The molecule has 1 atom stereocenters. The molecule has 166 valence electrons. The lowest BCUT2D eigenvalue weighted by Crippen LogP contribution is -2.44. The second-order valence-electron chi connectivity index (χ2n) is 7.13. The lowest BCUT2D eigenvalue weighted by Gasteiger charge is -2.31. The van der Waals surface area contributed by atoms with E-state index in [0.29, 0.717) is 38.3 Å². The summed E-state index contributed by atoms with van der Waals surface area (Å²) in [5.41, 5.74) is 0.337. The first-order chi connectivity index (χ1) is 14.3. The van der Waals surface area contributed by atoms with Crippen molar-refractivity contribution >= 4 is 39.3 Å². The molecule has 1 N–H and O–H groups in total. The van der Waals surface area contributed by atoms with E-state index >= 15 is 0 Å². The lowest BCUT2D eigenvalue weighted by atomic mass is 9.97. The molecule has 11 heteroatoms. The number of likely N-dealkylation sites (tertiary alicyclic amines) is 1. The van der Waals surface area contributed by atoms with Gasteiger partial charge in [-0.05, 0) is 38.0 Å². The molecule has 2 amide bonds. The van der Waals surface area contributed by atoms with Crippen molar-refractivity contribution in [1.82, 2.24) is 9.21 Å². The molecule has 30 heavy (non-hydrogen) atoms. The molecule has 2 saturated heterocycles. The van der Waals surface area contributed by atoms with Gasteiger partial charge in [-0.1, -0.05) is 11.6 Å². The summed E-state index contributed by atoms with van der Waals surface area (Å²) in [5, 5.41) is 2.85. The van der Waals surface area contributed by atoms with Crippen LogP contribution >= 0.6 is 11.6 Å². The Morgan fingerprint density at radius 3 is 2.70 bits per heavy atom. The van der Waals surface area contributed by atoms with E-state index in [1.54, 1.807) is 13.0 Å². The van der Waals surface area contributed by atoms with Crippen molar-refractivity contribution in [3.8, 4) is 0 Å². The van der Waals surface area contributed by atoms with Crippen LogP contribution in [0.4, 0.5) is 10.5 Å². The van der Waals surface area contributed by atoms with Crippen molar-refractivity contribution in [2.75, 3.05) is 51.3 Å². The van der Waals surface area contributed by atoms with Crippen LogP contribution in [0.2, 0.25) is 5.02 Å². The predicted octanol–water partition coefficient (Wildman–Crippen LogP) is 2.17. The summed E-state index contributed by atoms with van der Waals surface area (Å²) >= 11 is 6.16. The molecule has 0 radical (unpaired) electrons. The summed E-state index contributed by atoms with van der Waals surface area (Å²) in [6, 6.07) is 4.39. The number of morpholine rings is 1. The number of hydrogen-bond donors (Lipinski definition) is 1. The number of sulfonamides is 1. The van der Waals surface area contributed by atoms with E-state index in [9.17, 15) is 18.0 Å². The Bertz CT molecular complexity index is 888. The van der Waals surface area contributed by atoms with Crippen molar-refractivity contribution in [2.45, 2.75) is 24.7 Å². The van der Waals surface area contributed by atoms with Crippen molar-refractivity contribution in [1.29, 1.82) is 0 Å². The van der Waals surface area contributed by atoms with Crippen molar-refractivity contribution < 1.29 is 27.5 Å². The Kier molecular flexibility index (Phi) is 7.56. The van der Waals surface area contributed by atoms with Gasteiger partial charge in [0, 0.05) is 31.9 Å². The average Bonchev–Trinajstić information content (AvgIpc) is 2.76. The number of halogens is 1. The molecule has 1 aromatic rings. The Morgan fingerprint density at radius 1 is 1.27 bits per heavy atom. The highest BCUT2D eigenvalue weighted by atomic mass is 35.5. The van der Waals surface area contributed by atoms with E-state index in [2.05, 4.69) is 5.32 Å². The molecule has 0 spiro atoms. The molecular weight excluding hydrogens is 434 g/mol. The minimum atomic E-state index is -3.80. The van der Waals surface area contributed by atoms with Gasteiger partial charge in [-0.25, -0.2) is 13.2 Å². The highest BCUT2D eigenvalue weighted by Gasteiger charge is 2.31. The standard InChI is InChI=1S/C19H26ClN3O6S/c1-2-29-19(25)22-7-3-4-14(13-22)18(24)21-15-5-6-16(20)17(12-15)30(26,27)23-8-10-28-11-9-23/h5-6,12,14H,2-4,7-11,13H2,1H3,(H,21,24)/t14-/m1/s1. The second-order valence-corrected chi connectivity index (χ2v) is 9.45. The number of rotatable bonds is 5. The number of carbonyl (C=O) groups excluding carboxylic acids is 2. The van der Waals surface area contributed by atoms with Crippen LogP contribution in [0, 0.1) is 5.92 Å². The summed E-state index contributed by atoms with van der Waals surface area (Å²) in [5.74, 6) is -0.681. The Labute approximate surface area is 181 Å². The Balaban J connectivity index is 1.72. The highest BCUT2D eigenvalue weighted by molar-refractivity contribution is 7.89. The summed E-state index contributed by atoms with van der Waals surface area (Å²) < 4.78 is 37.4. The van der Waals surface area contributed by atoms with Crippen molar-refractivity contribution in [3.63, 3.8) is 0 Å². The molecule has 0 saturated carbocycles. The first kappa shape index (κ1) is 22.8. The third kappa shape index (κ3) is 5.23. The molecule has 9 nitrogen and oxygen atoms in total. The van der Waals surface area contributed by atoms with Gasteiger partial charge in [0.25, 0.3) is 0 Å². The van der Waals surface area contributed by atoms with Gasteiger partial charge in [0.1, 0.15) is 4.90 Å². The monoisotopic (exact) mass is 459 g/mol. The van der Waals surface area contributed by atoms with Gasteiger partial charge >= 0.3 is 6.09 Å². The maximum Gasteiger partial charge on any atom is 0.409 e. The largest absolute Gasteiger partial charge is 0.450 e. The average molecular weight is 460 g/mol. The highest BCUT2D eigenvalue weighted by Crippen LogP contribution is 2.29. The fourth-order valence-corrected chi connectivity index (χ4v) is 5.43. The predicted molar refractivity (Wildman–Crippen MR) is 111 cm³/mol. The fourth-order valence-electron chi connectivity index (χ4n) is 3.52. The number of nitrogens with zero attached hydrogens (tertiary/aromatic N) is 2. The fraction of sp³-hybridized carbons (Fsp3) is 0.579. The van der Waals surface area contributed by atoms with Crippen LogP contribution in [-0.4, -0.2) is 75.6 Å². The zero-order valence-corrected chi connectivity index (χ0v) is 18.4. The number of anilines is 1. The maximum absolute atomic E-state index is 12.9. The molecular formula is C19H26ClN3O6S. The molecule has 2 aliphatic rings. The molecule has 1 aromatic carbocycles. The number of benzene rings is 1. The quantitative estimate of drug-likeness (QED) is 0.723. The third-order valence-electron chi connectivity index (χ3n) is 5.10. The summed E-state index contributed by atoms with van der Waals surface area (Å²) in [4.78, 5) is 26.2. The van der Waals surface area contributed by atoms with E-state index in [1.807, 2.05) is 0 Å². The lowest BCUT2D eigenvalue weighted by molar-refractivity contribution is -0.121. The topological polar surface area (TPSA) is 105 Å². The number of amides is 2. The molecule has 0 bridgehead atoms. The Hall–Kier alpha value is -1.88. The van der Waals surface area contributed by atoms with Crippen LogP contribution in [-0.2, 0) is 24.3 Å². The minimum absolute atomic E-state index is 0.0549. The smallest absolute Gasteiger partial charge is 0.409 e. The van der Waals surface area contributed by atoms with Crippen LogP contribution in [0.5, 0.6) is 0 Å². The molecule has 2 fully saturated rings. The van der Waals surface area contributed by atoms with E-state index in [-0.39, 0.29) is 42.1 Å². The van der Waals surface area contributed by atoms with Gasteiger partial charge in [-0.2, -0.15) is 4.31 Å². The zero-order chi connectivity index (χ0) is 21.7. The zero-order valence-electron chi connectivity index (χ0n) is 16.8. The van der Waals surface area contributed by atoms with Crippen molar-refractivity contribution in [3.05, 3.63) is 23.2 Å². The summed E-state index contributed by atoms with van der Waals surface area (Å²) in [6.07, 6.45) is 0.892. The van der Waals surface area contributed by atoms with Crippen LogP contribution in [0.15, 0.2) is 23.1 Å². The number of ether oxygens (including phenoxy) is 2. The van der Waals surface area contributed by atoms with Crippen LogP contribution < -0.4 is 5.32 Å². The number of nitrogens with one attached hydrogen (secondary N) is 1. The van der Waals surface area contributed by atoms with Crippen LogP contribution in [0.1, 0.15) is 19.8 Å². The second kappa shape index (κ2) is 9.95. The maximum atomic E-state index is 12.9. The molecule has 2 heterocycles. The van der Waals surface area contributed by atoms with Gasteiger partial charge < -0.3 is 19.7 Å². The summed E-state index contributed by atoms with van der Waals surface area (Å²) in [7, 11) is -3.80. The molecule has 3 rings (SSSR count). The van der Waals surface area contributed by atoms with E-state index in [0.717, 1.165) is 0 Å². The van der Waals surface area contributed by atoms with Gasteiger partial charge in [0.15, 0.2) is 0 Å². The first-order valence-corrected chi connectivity index (χ1v) is 11.7. The first-order valence-electron chi connectivity index (χ1n) is 9.93. The Morgan fingerprint density at radius 2 is 2.00 bits per heavy atom. The molecule has 0 aromatic heterocycles. The molecule has 0 aliphatic carbocycles. The van der Waals surface area contributed by atoms with E-state index in [1.165, 1.54) is 21.3 Å². The number of hydrogen-bond acceptors (Lipinski definition) is 6. The van der Waals surface area contributed by atoms with Gasteiger partial charge in [-0.3, -0.25) is 4.79 Å². The SMILES string of the molecule is CCOC(=O)N1CCC[C@@H](C(=O)Nc2ccc(Cl)c(S(=O)(=O)N3CCOCC3)c2)C1. The van der Waals surface area contributed by atoms with Crippen molar-refractivity contribution in [2.24, 2.45) is 5.92 Å². The van der Waals surface area contributed by atoms with Gasteiger partial charge in [0.2, 0.25) is 15.9 Å². The van der Waals surface area contributed by atoms with Gasteiger partial charge in [-0.15, -0.1) is 0 Å². The molecule has 0 unspecified atom stereocenters. The minimum Gasteiger partial charge on any atom is -0.450 e. The number of carbonyl (C=O) groups is 2. The van der Waals surface area contributed by atoms with Gasteiger partial charge in [0.05, 0.1) is 30.8 Å². The number of piperidine rings is 1. The summed E-state index contributed by atoms with van der Waals surface area (Å²) in [6.45, 7) is 3.97. The van der Waals surface area contributed by atoms with E-state index in [4.69, 9.17) is 21.1 Å². The van der Waals surface area contributed by atoms with Crippen LogP contribution in [0.25, 0.3) is 0 Å². The molecule has 2 aliphatic heterocycles. The third-order valence-corrected chi connectivity index (χ3v) is 7.49. The van der Waals surface area contributed by atoms with Crippen LogP contribution in [0.3, 0.4) is 0 Å².